The molecule has 2 saturated carbocycles. The standard InChI is InChI=1S/C46H52F4N6O8S/c1-44(2)9-7-29(37(24-44)35-23-38(46(48,49)50)36-22-34(35)36)26-54-13-15-55(16-14-54)30-3-5-33(41(20-30)64-31-19-28-8-12-51-42(28)52-25-31)43(57)53-65(60,61)32-4-6-40(39(21-32)56(58)59)63-27-45(47)10-17-62-18-11-45/h3-6,8,12,19-21,25,34-36,38H,7,9-11,13-18,22-24,26-27H2,1-2H3,(H,51,52)(H,53,57)/t34?,35?,36?,38-/m1/s1. The maximum Gasteiger partial charge on any atom is 0.392 e. The largest absolute Gasteiger partial charge is 0.483 e. The fraction of sp³-hybridized carbons (Fsp3) is 0.522. The van der Waals surface area contributed by atoms with Crippen LogP contribution in [0, 0.1) is 39.2 Å². The number of benzene rings is 2. The van der Waals surface area contributed by atoms with Crippen LogP contribution in [0.2, 0.25) is 0 Å². The van der Waals surface area contributed by atoms with E-state index in [0.29, 0.717) is 50.5 Å². The quantitative estimate of drug-likeness (QED) is 0.0569. The third kappa shape index (κ3) is 9.68. The van der Waals surface area contributed by atoms with Gasteiger partial charge in [-0.25, -0.2) is 22.5 Å². The van der Waals surface area contributed by atoms with E-state index in [4.69, 9.17) is 14.2 Å². The molecule has 4 fully saturated rings. The van der Waals surface area contributed by atoms with Crippen LogP contribution in [0.4, 0.5) is 28.9 Å². The van der Waals surface area contributed by atoms with E-state index in [9.17, 15) is 36.5 Å². The second-order valence-corrected chi connectivity index (χ2v) is 20.7. The maximum atomic E-state index is 15.2. The van der Waals surface area contributed by atoms with Gasteiger partial charge in [0, 0.05) is 88.2 Å². The molecule has 5 aliphatic rings. The highest BCUT2D eigenvalue weighted by Crippen LogP contribution is 2.66. The van der Waals surface area contributed by atoms with Crippen molar-refractivity contribution in [2.45, 2.75) is 75.5 Å². The fourth-order valence-corrected chi connectivity index (χ4v) is 11.3. The molecule has 2 aromatic heterocycles. The summed E-state index contributed by atoms with van der Waals surface area (Å²) < 4.78 is 103. The summed E-state index contributed by atoms with van der Waals surface area (Å²) in [6, 6.07) is 11.2. The van der Waals surface area contributed by atoms with Crippen LogP contribution in [0.3, 0.4) is 0 Å². The molecule has 0 spiro atoms. The number of halogens is 4. The van der Waals surface area contributed by atoms with E-state index in [1.165, 1.54) is 23.4 Å². The van der Waals surface area contributed by atoms with Crippen LogP contribution in [0.1, 0.15) is 69.2 Å². The smallest absolute Gasteiger partial charge is 0.392 e. The van der Waals surface area contributed by atoms with Crippen molar-refractivity contribution in [3.8, 4) is 17.2 Å². The third-order valence-electron chi connectivity index (χ3n) is 14.0. The molecule has 2 aliphatic heterocycles. The summed E-state index contributed by atoms with van der Waals surface area (Å²) in [4.78, 5) is 36.4. The summed E-state index contributed by atoms with van der Waals surface area (Å²) in [5.74, 6) is -2.39. The van der Waals surface area contributed by atoms with Crippen molar-refractivity contribution in [1.29, 1.82) is 0 Å². The Balaban J connectivity index is 0.919. The summed E-state index contributed by atoms with van der Waals surface area (Å²) in [6.45, 7) is 7.59. The number of amides is 1. The zero-order valence-electron chi connectivity index (χ0n) is 36.2. The first-order chi connectivity index (χ1) is 30.8. The molecular weight excluding hydrogens is 873 g/mol. The maximum absolute atomic E-state index is 15.2. The molecule has 9 rings (SSSR count). The van der Waals surface area contributed by atoms with Crippen molar-refractivity contribution in [2.24, 2.45) is 29.1 Å². The lowest BCUT2D eigenvalue weighted by molar-refractivity contribution is -0.386. The Hall–Kier alpha value is -5.27. The lowest BCUT2D eigenvalue weighted by Crippen LogP contribution is -2.47. The van der Waals surface area contributed by atoms with Crippen LogP contribution in [-0.4, -0.2) is 98.5 Å². The molecule has 0 bridgehead atoms. The van der Waals surface area contributed by atoms with Crippen LogP contribution in [0.5, 0.6) is 17.2 Å². The molecule has 19 heteroatoms. The molecule has 2 aromatic carbocycles. The number of nitro benzene ring substituents is 1. The van der Waals surface area contributed by atoms with Crippen LogP contribution in [-0.2, 0) is 14.8 Å². The Morgan fingerprint density at radius 2 is 1.78 bits per heavy atom. The Morgan fingerprint density at radius 1 is 1.02 bits per heavy atom. The number of hydrogen-bond donors (Lipinski definition) is 2. The number of sulfonamides is 1. The van der Waals surface area contributed by atoms with E-state index < -0.39 is 55.8 Å². The van der Waals surface area contributed by atoms with E-state index in [1.807, 2.05) is 4.72 Å². The number of H-pyrrole nitrogens is 1. The number of carbonyl (C=O) groups is 1. The number of nitrogens with one attached hydrogen (secondary N) is 2. The van der Waals surface area contributed by atoms with Gasteiger partial charge in [-0.15, -0.1) is 0 Å². The number of aromatic amines is 1. The number of nitrogens with zero attached hydrogens (tertiary/aromatic N) is 4. The van der Waals surface area contributed by atoms with Gasteiger partial charge in [0.25, 0.3) is 15.9 Å². The number of hydrogen-bond acceptors (Lipinski definition) is 11. The second kappa shape index (κ2) is 17.2. The Labute approximate surface area is 373 Å². The molecule has 3 unspecified atom stereocenters. The van der Waals surface area contributed by atoms with E-state index in [1.54, 1.807) is 30.5 Å². The van der Waals surface area contributed by atoms with Crippen molar-refractivity contribution in [2.75, 3.05) is 57.4 Å². The summed E-state index contributed by atoms with van der Waals surface area (Å²) in [7, 11) is -4.71. The summed E-state index contributed by atoms with van der Waals surface area (Å²) in [5, 5.41) is 12.8. The SMILES string of the molecule is CC1(C)CCC(CN2CCN(c3ccc(C(=O)NS(=O)(=O)c4ccc(OCC5(F)CCOCC5)c([N+](=O)[O-])c4)c(Oc4cnc5[nH]ccc5c4)c3)CC2)=C(C2C[C@@H](C(F)(F)F)C3CC23)C1. The van der Waals surface area contributed by atoms with Crippen LogP contribution >= 0.6 is 0 Å². The Morgan fingerprint density at radius 3 is 2.51 bits per heavy atom. The van der Waals surface area contributed by atoms with Gasteiger partial charge in [0.05, 0.1) is 27.5 Å². The number of aromatic nitrogens is 2. The molecule has 4 aromatic rings. The molecule has 1 amide bonds. The molecule has 4 heterocycles. The van der Waals surface area contributed by atoms with Gasteiger partial charge in [-0.05, 0) is 91.7 Å². The molecule has 14 nitrogen and oxygen atoms in total. The monoisotopic (exact) mass is 924 g/mol. The lowest BCUT2D eigenvalue weighted by Gasteiger charge is -2.40. The minimum Gasteiger partial charge on any atom is -0.483 e. The summed E-state index contributed by atoms with van der Waals surface area (Å²) >= 11 is 0. The Bertz CT molecular complexity index is 2620. The molecule has 2 saturated heterocycles. The summed E-state index contributed by atoms with van der Waals surface area (Å²) in [5.41, 5.74) is 1.29. The van der Waals surface area contributed by atoms with E-state index in [2.05, 4.69) is 33.6 Å². The Kier molecular flexibility index (Phi) is 11.9. The number of pyridine rings is 1. The molecule has 4 atom stereocenters. The van der Waals surface area contributed by atoms with E-state index >= 15 is 4.39 Å². The topological polar surface area (TPSA) is 169 Å². The molecule has 65 heavy (non-hydrogen) atoms. The summed E-state index contributed by atoms with van der Waals surface area (Å²) in [6.07, 6.45) is 2.67. The molecule has 3 aliphatic carbocycles. The molecule has 2 N–H and O–H groups in total. The second-order valence-electron chi connectivity index (χ2n) is 19.0. The number of piperazine rings is 1. The number of alkyl halides is 4. The minimum absolute atomic E-state index is 0.00255. The first kappa shape index (κ1) is 44.9. The number of ether oxygens (including phenoxy) is 3. The predicted molar refractivity (Wildman–Crippen MR) is 232 cm³/mol. The number of nitro groups is 1. The number of carbonyl (C=O) groups excluding carboxylic acids is 1. The minimum atomic E-state index is -4.71. The fourth-order valence-electron chi connectivity index (χ4n) is 10.3. The normalized spacial score (nSPS) is 24.4. The average Bonchev–Trinajstić information content (AvgIpc) is 3.71. The number of anilines is 1. The van der Waals surface area contributed by atoms with Crippen molar-refractivity contribution in [1.82, 2.24) is 19.6 Å². The predicted octanol–water partition coefficient (Wildman–Crippen LogP) is 8.74. The zero-order valence-corrected chi connectivity index (χ0v) is 37.0. The van der Waals surface area contributed by atoms with Gasteiger partial charge in [0.15, 0.2) is 5.75 Å². The van der Waals surface area contributed by atoms with Crippen molar-refractivity contribution >= 4 is 38.3 Å². The van der Waals surface area contributed by atoms with Gasteiger partial charge in [0.1, 0.15) is 29.4 Å². The van der Waals surface area contributed by atoms with Crippen molar-refractivity contribution < 1.29 is 49.9 Å². The van der Waals surface area contributed by atoms with Crippen LogP contribution in [0.15, 0.2) is 77.0 Å². The van der Waals surface area contributed by atoms with Gasteiger partial charge < -0.3 is 24.1 Å². The van der Waals surface area contributed by atoms with Crippen LogP contribution in [0.25, 0.3) is 11.0 Å². The molecule has 348 valence electrons. The lowest BCUT2D eigenvalue weighted by atomic mass is 9.69. The van der Waals surface area contributed by atoms with Gasteiger partial charge in [-0.1, -0.05) is 25.0 Å². The highest BCUT2D eigenvalue weighted by Gasteiger charge is 2.63. The molecule has 0 radical (unpaired) electrons. The van der Waals surface area contributed by atoms with Crippen molar-refractivity contribution in [3.05, 3.63) is 87.7 Å². The highest BCUT2D eigenvalue weighted by atomic mass is 32.2. The number of allylic oxidation sites excluding steroid dienone is 1. The van der Waals surface area contributed by atoms with Gasteiger partial charge in [-0.2, -0.15) is 13.2 Å². The number of rotatable bonds is 13. The van der Waals surface area contributed by atoms with E-state index in [0.717, 1.165) is 42.8 Å². The molecular formula is C46H52F4N6O8S. The first-order valence-corrected chi connectivity index (χ1v) is 23.6. The zero-order chi connectivity index (χ0) is 45.9. The average molecular weight is 925 g/mol. The highest BCUT2D eigenvalue weighted by molar-refractivity contribution is 7.90. The van der Waals surface area contributed by atoms with Crippen LogP contribution < -0.4 is 19.1 Å². The van der Waals surface area contributed by atoms with Crippen molar-refractivity contribution in [3.63, 3.8) is 0 Å². The van der Waals surface area contributed by atoms with Gasteiger partial charge >= 0.3 is 11.9 Å². The van der Waals surface area contributed by atoms with E-state index in [-0.39, 0.29) is 78.5 Å². The van der Waals surface area contributed by atoms with Gasteiger partial charge in [-0.3, -0.25) is 19.8 Å². The first-order valence-electron chi connectivity index (χ1n) is 22.1. The third-order valence-corrected chi connectivity index (χ3v) is 15.4. The number of fused-ring (bicyclic) bond motifs is 2. The van der Waals surface area contributed by atoms with Gasteiger partial charge in [0.2, 0.25) is 0 Å².